The number of hydrogen-bond acceptors (Lipinski definition) is 4. The van der Waals surface area contributed by atoms with Crippen LogP contribution in [0, 0.1) is 5.92 Å². The van der Waals surface area contributed by atoms with Gasteiger partial charge in [0.1, 0.15) is 0 Å². The molecule has 1 aromatic rings. The monoisotopic (exact) mass is 459 g/mol. The number of aliphatic imine (C=N–C) groups is 1. The SMILES string of the molecule is C=C(OCC)C(N)=NCC1CCN(CC)C1.CNC(=S)Nc1ccc(C(F)(F)F)cc1. The Kier molecular flexibility index (Phi) is 11.3. The van der Waals surface area contributed by atoms with Gasteiger partial charge in [-0.05, 0) is 68.8 Å². The number of nitrogens with zero attached hydrogens (tertiary/aromatic N) is 2. The van der Waals surface area contributed by atoms with E-state index >= 15 is 0 Å². The van der Waals surface area contributed by atoms with Crippen molar-refractivity contribution in [3.8, 4) is 0 Å². The molecule has 0 aromatic heterocycles. The van der Waals surface area contributed by atoms with E-state index in [-0.39, 0.29) is 0 Å². The number of amidine groups is 1. The second kappa shape index (κ2) is 13.2. The molecule has 2 rings (SSSR count). The van der Waals surface area contributed by atoms with Crippen molar-refractivity contribution >= 4 is 28.9 Å². The highest BCUT2D eigenvalue weighted by Gasteiger charge is 2.29. The van der Waals surface area contributed by atoms with E-state index in [0.29, 0.717) is 34.9 Å². The fourth-order valence-electron chi connectivity index (χ4n) is 2.85. The minimum Gasteiger partial charge on any atom is -0.491 e. The van der Waals surface area contributed by atoms with E-state index in [1.165, 1.54) is 25.1 Å². The number of rotatable bonds is 7. The molecule has 1 fully saturated rings. The van der Waals surface area contributed by atoms with Gasteiger partial charge in [0.2, 0.25) is 0 Å². The number of alkyl halides is 3. The molecule has 1 atom stereocenters. The number of nitrogens with one attached hydrogen (secondary N) is 2. The average Bonchev–Trinajstić information content (AvgIpc) is 3.20. The van der Waals surface area contributed by atoms with E-state index in [9.17, 15) is 13.2 Å². The van der Waals surface area contributed by atoms with Crippen molar-refractivity contribution in [3.05, 3.63) is 42.2 Å². The highest BCUT2D eigenvalue weighted by molar-refractivity contribution is 7.80. The number of hydrogen-bond donors (Lipinski definition) is 3. The Bertz CT molecular complexity index is 738. The Balaban J connectivity index is 0.000000311. The molecule has 6 nitrogen and oxygen atoms in total. The average molecular weight is 460 g/mol. The lowest BCUT2D eigenvalue weighted by atomic mass is 10.1. The van der Waals surface area contributed by atoms with Gasteiger partial charge in [0.15, 0.2) is 16.7 Å². The van der Waals surface area contributed by atoms with Gasteiger partial charge < -0.3 is 26.0 Å². The molecule has 1 aromatic carbocycles. The van der Waals surface area contributed by atoms with E-state index in [4.69, 9.17) is 22.7 Å². The second-order valence-electron chi connectivity index (χ2n) is 6.91. The number of benzene rings is 1. The quantitative estimate of drug-likeness (QED) is 0.249. The smallest absolute Gasteiger partial charge is 0.416 e. The summed E-state index contributed by atoms with van der Waals surface area (Å²) in [7, 11) is 1.62. The van der Waals surface area contributed by atoms with E-state index in [1.807, 2.05) is 6.92 Å². The Morgan fingerprint density at radius 2 is 1.97 bits per heavy atom. The summed E-state index contributed by atoms with van der Waals surface area (Å²) in [4.78, 5) is 6.77. The molecule has 4 N–H and O–H groups in total. The molecule has 0 saturated carbocycles. The Labute approximate surface area is 187 Å². The van der Waals surface area contributed by atoms with Crippen molar-refractivity contribution in [2.75, 3.05) is 45.2 Å². The molecule has 0 radical (unpaired) electrons. The van der Waals surface area contributed by atoms with Gasteiger partial charge in [-0.2, -0.15) is 13.2 Å². The van der Waals surface area contributed by atoms with Crippen molar-refractivity contribution in [2.45, 2.75) is 26.4 Å². The zero-order chi connectivity index (χ0) is 23.4. The molecular formula is C21H32F3N5OS. The molecule has 10 heteroatoms. The molecule has 31 heavy (non-hydrogen) atoms. The molecule has 1 unspecified atom stereocenters. The summed E-state index contributed by atoms with van der Waals surface area (Å²) in [5.41, 5.74) is 5.60. The van der Waals surface area contributed by atoms with E-state index in [1.54, 1.807) is 7.05 Å². The number of nitrogens with two attached hydrogens (primary N) is 1. The Hall–Kier alpha value is -2.33. The lowest BCUT2D eigenvalue weighted by molar-refractivity contribution is -0.137. The standard InChI is InChI=1S/C12H23N3O.C9H9F3N2S/c1-4-15-7-6-11(9-15)8-14-12(13)10(3)16-5-2;1-13-8(15)14-7-4-2-6(3-5-7)9(10,11)12/h11H,3-9H2,1-2H3,(H2,13,14);2-5H,1H3,(H2,13,14,15). The van der Waals surface area contributed by atoms with E-state index < -0.39 is 11.7 Å². The van der Waals surface area contributed by atoms with Gasteiger partial charge in [-0.3, -0.25) is 4.99 Å². The summed E-state index contributed by atoms with van der Waals surface area (Å²) >= 11 is 4.80. The van der Waals surface area contributed by atoms with Crippen LogP contribution in [0.4, 0.5) is 18.9 Å². The van der Waals surface area contributed by atoms with Crippen LogP contribution < -0.4 is 16.4 Å². The van der Waals surface area contributed by atoms with Gasteiger partial charge in [0, 0.05) is 25.8 Å². The van der Waals surface area contributed by atoms with Crippen molar-refractivity contribution in [3.63, 3.8) is 0 Å². The molecule has 0 amide bonds. The first-order chi connectivity index (χ1) is 14.6. The van der Waals surface area contributed by atoms with Gasteiger partial charge in [-0.15, -0.1) is 0 Å². The van der Waals surface area contributed by atoms with Gasteiger partial charge in [0.05, 0.1) is 12.2 Å². The van der Waals surface area contributed by atoms with E-state index in [2.05, 4.69) is 34.0 Å². The van der Waals surface area contributed by atoms with E-state index in [0.717, 1.165) is 31.8 Å². The summed E-state index contributed by atoms with van der Waals surface area (Å²) in [6, 6.07) is 4.65. The summed E-state index contributed by atoms with van der Waals surface area (Å²) in [6.07, 6.45) is -3.09. The minimum atomic E-state index is -4.30. The third-order valence-corrected chi connectivity index (χ3v) is 4.94. The third-order valence-electron chi connectivity index (χ3n) is 4.64. The van der Waals surface area contributed by atoms with Crippen LogP contribution in [0.2, 0.25) is 0 Å². The molecule has 1 heterocycles. The lowest BCUT2D eigenvalue weighted by Crippen LogP contribution is -2.24. The van der Waals surface area contributed by atoms with Gasteiger partial charge >= 0.3 is 6.18 Å². The Morgan fingerprint density at radius 1 is 1.32 bits per heavy atom. The molecular weight excluding hydrogens is 427 g/mol. The molecule has 1 aliphatic rings. The second-order valence-corrected chi connectivity index (χ2v) is 7.32. The van der Waals surface area contributed by atoms with Crippen molar-refractivity contribution < 1.29 is 17.9 Å². The van der Waals surface area contributed by atoms with Crippen LogP contribution >= 0.6 is 12.2 Å². The van der Waals surface area contributed by atoms with Gasteiger partial charge in [0.25, 0.3) is 0 Å². The fraction of sp³-hybridized carbons (Fsp3) is 0.524. The van der Waals surface area contributed by atoms with Gasteiger partial charge in [-0.1, -0.05) is 13.5 Å². The fourth-order valence-corrected chi connectivity index (χ4v) is 2.97. The minimum absolute atomic E-state index is 0.356. The number of halogens is 3. The predicted molar refractivity (Wildman–Crippen MR) is 124 cm³/mol. The van der Waals surface area contributed by atoms with Crippen molar-refractivity contribution in [2.24, 2.45) is 16.6 Å². The summed E-state index contributed by atoms with van der Waals surface area (Å²) in [6.45, 7) is 12.6. The first-order valence-electron chi connectivity index (χ1n) is 10.1. The first-order valence-corrected chi connectivity index (χ1v) is 10.5. The summed E-state index contributed by atoms with van der Waals surface area (Å²) in [5, 5.41) is 5.74. The van der Waals surface area contributed by atoms with Crippen LogP contribution in [0.1, 0.15) is 25.8 Å². The maximum atomic E-state index is 12.2. The topological polar surface area (TPSA) is 74.9 Å². The molecule has 1 saturated heterocycles. The maximum absolute atomic E-state index is 12.2. The summed E-state index contributed by atoms with van der Waals surface area (Å²) < 4.78 is 41.8. The van der Waals surface area contributed by atoms with Crippen LogP contribution in [0.25, 0.3) is 0 Å². The predicted octanol–water partition coefficient (Wildman–Crippen LogP) is 3.86. The highest BCUT2D eigenvalue weighted by Crippen LogP contribution is 2.29. The molecule has 174 valence electrons. The lowest BCUT2D eigenvalue weighted by Gasteiger charge is -2.12. The van der Waals surface area contributed by atoms with Crippen LogP contribution in [-0.2, 0) is 10.9 Å². The highest BCUT2D eigenvalue weighted by atomic mass is 32.1. The van der Waals surface area contributed by atoms with Crippen LogP contribution in [0.15, 0.2) is 41.6 Å². The largest absolute Gasteiger partial charge is 0.491 e. The van der Waals surface area contributed by atoms with Crippen molar-refractivity contribution in [1.29, 1.82) is 0 Å². The third kappa shape index (κ3) is 10.0. The zero-order valence-electron chi connectivity index (χ0n) is 18.3. The zero-order valence-corrected chi connectivity index (χ0v) is 19.1. The van der Waals surface area contributed by atoms with Crippen LogP contribution in [0.3, 0.4) is 0 Å². The normalized spacial score (nSPS) is 16.8. The Morgan fingerprint density at radius 3 is 2.45 bits per heavy atom. The number of ether oxygens (including phenoxy) is 1. The number of likely N-dealkylation sites (tertiary alicyclic amines) is 1. The van der Waals surface area contributed by atoms with Gasteiger partial charge in [-0.25, -0.2) is 0 Å². The first kappa shape index (κ1) is 26.7. The molecule has 1 aliphatic heterocycles. The molecule has 0 aliphatic carbocycles. The molecule has 0 bridgehead atoms. The van der Waals surface area contributed by atoms with Crippen molar-refractivity contribution in [1.82, 2.24) is 10.2 Å². The number of anilines is 1. The van der Waals surface area contributed by atoms with Crippen LogP contribution in [-0.4, -0.2) is 55.7 Å². The number of thiocarbonyl (C=S) groups is 1. The van der Waals surface area contributed by atoms with Crippen LogP contribution in [0.5, 0.6) is 0 Å². The maximum Gasteiger partial charge on any atom is 0.416 e. The molecule has 0 spiro atoms. The summed E-state index contributed by atoms with van der Waals surface area (Å²) in [5.74, 6) is 1.57.